The molecule has 0 amide bonds. The first-order valence-electron chi connectivity index (χ1n) is 10.9. The van der Waals surface area contributed by atoms with Gasteiger partial charge in [-0.25, -0.2) is 14.8 Å². The molecular formula is C26H20Cl2N4O2S. The first kappa shape index (κ1) is 23.5. The van der Waals surface area contributed by atoms with Gasteiger partial charge in [0.2, 0.25) is 10.0 Å². The molecule has 2 heterocycles. The fraction of sp³-hybridized carbons (Fsp3) is 0.115. The van der Waals surface area contributed by atoms with E-state index >= 15 is 0 Å². The zero-order chi connectivity index (χ0) is 24.4. The highest BCUT2D eigenvalue weighted by atomic mass is 35.5. The van der Waals surface area contributed by atoms with Gasteiger partial charge in [-0.3, -0.25) is 0 Å². The molecule has 0 N–H and O–H groups in total. The molecule has 3 aromatic carbocycles. The summed E-state index contributed by atoms with van der Waals surface area (Å²) in [6.45, 7) is 2.02. The minimum absolute atomic E-state index is 0.225. The maximum atomic E-state index is 12.8. The van der Waals surface area contributed by atoms with Gasteiger partial charge in [0.15, 0.2) is 0 Å². The molecule has 0 bridgehead atoms. The second-order valence-electron chi connectivity index (χ2n) is 7.65. The number of thioether (sulfide) groups is 1. The van der Waals surface area contributed by atoms with Gasteiger partial charge in [-0.1, -0.05) is 59.6 Å². The third-order valence-corrected chi connectivity index (χ3v) is 7.07. The summed E-state index contributed by atoms with van der Waals surface area (Å²) in [5.41, 5.74) is 3.18. The van der Waals surface area contributed by atoms with Gasteiger partial charge in [-0.05, 0) is 73.3 Å². The van der Waals surface area contributed by atoms with E-state index in [0.717, 1.165) is 17.0 Å². The van der Waals surface area contributed by atoms with Crippen molar-refractivity contribution in [1.29, 1.82) is 0 Å². The molecule has 0 radical (unpaired) electrons. The standard InChI is InChI=1S/C26H20Cl2N4O2S/c1-2-34-25(33)24-30-32(22-10-6-7-20(28)17-22)26(35-24)16-15-23(18-11-13-19(27)14-12-18)29-31(26)21-8-4-3-5-9-21/h3-17H,2H2,1H3/t26-/m0/s1. The summed E-state index contributed by atoms with van der Waals surface area (Å²) in [6, 6.07) is 24.6. The van der Waals surface area contributed by atoms with E-state index in [0.29, 0.717) is 15.7 Å². The number of rotatable bonds is 5. The van der Waals surface area contributed by atoms with Crippen LogP contribution in [0.15, 0.2) is 101 Å². The van der Waals surface area contributed by atoms with Crippen molar-refractivity contribution < 1.29 is 9.53 Å². The Morgan fingerprint density at radius 2 is 1.63 bits per heavy atom. The third-order valence-electron chi connectivity index (χ3n) is 5.35. The Morgan fingerprint density at radius 3 is 2.34 bits per heavy atom. The first-order chi connectivity index (χ1) is 17.0. The molecule has 0 aromatic heterocycles. The summed E-state index contributed by atoms with van der Waals surface area (Å²) < 4.78 is 5.28. The molecule has 9 heteroatoms. The number of benzene rings is 3. The molecular weight excluding hydrogens is 503 g/mol. The van der Waals surface area contributed by atoms with Crippen molar-refractivity contribution >= 4 is 63.1 Å². The number of hydrogen-bond donors (Lipinski definition) is 0. The Balaban J connectivity index is 1.66. The zero-order valence-electron chi connectivity index (χ0n) is 18.6. The molecule has 0 saturated carbocycles. The minimum atomic E-state index is -1.01. The fourth-order valence-electron chi connectivity index (χ4n) is 3.79. The highest BCUT2D eigenvalue weighted by Crippen LogP contribution is 2.48. The summed E-state index contributed by atoms with van der Waals surface area (Å²) >= 11 is 13.7. The lowest BCUT2D eigenvalue weighted by molar-refractivity contribution is -0.134. The number of carbonyl (C=O) groups is 1. The minimum Gasteiger partial charge on any atom is -0.461 e. The second-order valence-corrected chi connectivity index (χ2v) is 9.72. The molecule has 0 aliphatic carbocycles. The van der Waals surface area contributed by atoms with E-state index in [1.165, 1.54) is 11.8 Å². The van der Waals surface area contributed by atoms with Gasteiger partial charge in [-0.2, -0.15) is 10.2 Å². The number of anilines is 2. The molecule has 2 aliphatic rings. The van der Waals surface area contributed by atoms with Crippen LogP contribution in [0.25, 0.3) is 0 Å². The normalized spacial score (nSPS) is 19.1. The topological polar surface area (TPSA) is 57.5 Å². The highest BCUT2D eigenvalue weighted by Gasteiger charge is 2.51. The Labute approximate surface area is 217 Å². The Morgan fingerprint density at radius 1 is 0.914 bits per heavy atom. The van der Waals surface area contributed by atoms with Gasteiger partial charge < -0.3 is 4.74 Å². The molecule has 6 nitrogen and oxygen atoms in total. The van der Waals surface area contributed by atoms with Crippen LogP contribution in [0.3, 0.4) is 0 Å². The van der Waals surface area contributed by atoms with Crippen LogP contribution in [-0.2, 0) is 9.53 Å². The van der Waals surface area contributed by atoms with Crippen molar-refractivity contribution in [2.24, 2.45) is 10.2 Å². The van der Waals surface area contributed by atoms with Gasteiger partial charge in [0.1, 0.15) is 0 Å². The van der Waals surface area contributed by atoms with E-state index < -0.39 is 11.0 Å². The number of ether oxygens (including phenoxy) is 1. The summed E-state index contributed by atoms with van der Waals surface area (Å²) in [7, 11) is 0. The molecule has 0 unspecified atom stereocenters. The summed E-state index contributed by atoms with van der Waals surface area (Å²) in [4.78, 5) is 11.7. The van der Waals surface area contributed by atoms with Crippen LogP contribution in [0.2, 0.25) is 10.0 Å². The van der Waals surface area contributed by atoms with Crippen LogP contribution in [0, 0.1) is 0 Å². The quantitative estimate of drug-likeness (QED) is 0.355. The van der Waals surface area contributed by atoms with Gasteiger partial charge >= 0.3 is 5.97 Å². The number of allylic oxidation sites excluding steroid dienone is 1. The number of esters is 1. The summed E-state index contributed by atoms with van der Waals surface area (Å²) in [5.74, 6) is -0.490. The first-order valence-corrected chi connectivity index (χ1v) is 12.5. The monoisotopic (exact) mass is 522 g/mol. The lowest BCUT2D eigenvalue weighted by Crippen LogP contribution is -2.53. The average Bonchev–Trinajstić information content (AvgIpc) is 3.25. The van der Waals surface area contributed by atoms with Crippen LogP contribution < -0.4 is 10.0 Å². The van der Waals surface area contributed by atoms with Crippen molar-refractivity contribution in [1.82, 2.24) is 0 Å². The van der Waals surface area contributed by atoms with Crippen LogP contribution >= 0.6 is 35.0 Å². The lowest BCUT2D eigenvalue weighted by atomic mass is 10.1. The largest absolute Gasteiger partial charge is 0.461 e. The van der Waals surface area contributed by atoms with E-state index in [1.807, 2.05) is 83.9 Å². The van der Waals surface area contributed by atoms with Crippen molar-refractivity contribution in [2.45, 2.75) is 11.9 Å². The fourth-order valence-corrected chi connectivity index (χ4v) is 5.25. The van der Waals surface area contributed by atoms with Crippen molar-refractivity contribution in [3.63, 3.8) is 0 Å². The lowest BCUT2D eigenvalue weighted by Gasteiger charge is -2.43. The van der Waals surface area contributed by atoms with Gasteiger partial charge in [0.05, 0.1) is 23.7 Å². The van der Waals surface area contributed by atoms with Crippen molar-refractivity contribution in [3.8, 4) is 0 Å². The molecule has 176 valence electrons. The van der Waals surface area contributed by atoms with E-state index in [9.17, 15) is 4.79 Å². The Hall–Kier alpha value is -3.26. The molecule has 1 atom stereocenters. The number of nitrogens with zero attached hydrogens (tertiary/aromatic N) is 4. The zero-order valence-corrected chi connectivity index (χ0v) is 21.0. The number of halogens is 2. The number of carbonyl (C=O) groups excluding carboxylic acids is 1. The average molecular weight is 523 g/mol. The van der Waals surface area contributed by atoms with Crippen LogP contribution in [0.1, 0.15) is 12.5 Å². The highest BCUT2D eigenvalue weighted by molar-refractivity contribution is 8.17. The summed E-state index contributed by atoms with van der Waals surface area (Å²) in [6.07, 6.45) is 3.91. The van der Waals surface area contributed by atoms with Gasteiger partial charge in [-0.15, -0.1) is 0 Å². The van der Waals surface area contributed by atoms with Gasteiger partial charge in [0.25, 0.3) is 0 Å². The Bertz CT molecular complexity index is 1340. The smallest absolute Gasteiger partial charge is 0.365 e. The van der Waals surface area contributed by atoms with Gasteiger partial charge in [0, 0.05) is 15.6 Å². The molecule has 1 spiro atoms. The number of hydrazone groups is 2. The third kappa shape index (κ3) is 4.55. The van der Waals surface area contributed by atoms with Crippen LogP contribution in [-0.4, -0.2) is 28.3 Å². The molecule has 3 aromatic rings. The predicted molar refractivity (Wildman–Crippen MR) is 144 cm³/mol. The maximum Gasteiger partial charge on any atom is 0.365 e. The molecule has 5 rings (SSSR count). The van der Waals surface area contributed by atoms with E-state index in [-0.39, 0.29) is 11.7 Å². The molecule has 0 saturated heterocycles. The van der Waals surface area contributed by atoms with E-state index in [2.05, 4.69) is 5.10 Å². The second kappa shape index (κ2) is 9.77. The summed E-state index contributed by atoms with van der Waals surface area (Å²) in [5, 5.41) is 14.7. The van der Waals surface area contributed by atoms with E-state index in [1.54, 1.807) is 24.1 Å². The SMILES string of the molecule is CCOC(=O)C1=NN(c2cccc(Cl)c2)[C@@]2(C=CC(c3ccc(Cl)cc3)=NN2c2ccccc2)S1. The molecule has 2 aliphatic heterocycles. The number of hydrogen-bond acceptors (Lipinski definition) is 7. The van der Waals surface area contributed by atoms with Crippen molar-refractivity contribution in [2.75, 3.05) is 16.6 Å². The predicted octanol–water partition coefficient (Wildman–Crippen LogP) is 6.56. The Kier molecular flexibility index (Phi) is 6.56. The number of para-hydroxylation sites is 1. The molecule has 0 fully saturated rings. The van der Waals surface area contributed by atoms with Crippen LogP contribution in [0.5, 0.6) is 0 Å². The van der Waals surface area contributed by atoms with Crippen LogP contribution in [0.4, 0.5) is 11.4 Å². The molecule has 35 heavy (non-hydrogen) atoms. The van der Waals surface area contributed by atoms with Crippen molar-refractivity contribution in [3.05, 3.63) is 107 Å². The van der Waals surface area contributed by atoms with E-state index in [4.69, 9.17) is 33.0 Å². The maximum absolute atomic E-state index is 12.8.